The highest BCUT2D eigenvalue weighted by molar-refractivity contribution is 5.85. The maximum atomic E-state index is 10.8. The van der Waals surface area contributed by atoms with Crippen molar-refractivity contribution in [1.82, 2.24) is 4.98 Å². The summed E-state index contributed by atoms with van der Waals surface area (Å²) < 4.78 is 0. The fraction of sp³-hybridized carbons (Fsp3) is 0.250. The van der Waals surface area contributed by atoms with Crippen LogP contribution in [0.2, 0.25) is 0 Å². The molecule has 0 spiro atoms. The molecule has 1 N–H and O–H groups in total. The highest BCUT2D eigenvalue weighted by atomic mass is 16.4. The summed E-state index contributed by atoms with van der Waals surface area (Å²) in [4.78, 5) is 17.1. The molecule has 1 aromatic heterocycles. The Balaban J connectivity index is 1.98. The second kappa shape index (κ2) is 4.96. The minimum absolute atomic E-state index is 0.0786. The van der Waals surface area contributed by atoms with E-state index in [0.29, 0.717) is 0 Å². The van der Waals surface area contributed by atoms with E-state index in [1.165, 1.54) is 16.8 Å². The highest BCUT2D eigenvalue weighted by Gasteiger charge is 2.18. The summed E-state index contributed by atoms with van der Waals surface area (Å²) in [6.45, 7) is 3.03. The lowest BCUT2D eigenvalue weighted by molar-refractivity contribution is 0.0690. The summed E-state index contributed by atoms with van der Waals surface area (Å²) in [7, 11) is 0. The van der Waals surface area contributed by atoms with Crippen LogP contribution in [0.25, 0.3) is 0 Å². The van der Waals surface area contributed by atoms with Crippen molar-refractivity contribution in [2.24, 2.45) is 0 Å². The van der Waals surface area contributed by atoms with Gasteiger partial charge in [0.15, 0.2) is 0 Å². The smallest absolute Gasteiger partial charge is 0.354 e. The van der Waals surface area contributed by atoms with E-state index in [0.717, 1.165) is 25.1 Å². The van der Waals surface area contributed by atoms with E-state index in [1.807, 2.05) is 6.07 Å². The van der Waals surface area contributed by atoms with Crippen molar-refractivity contribution in [1.29, 1.82) is 0 Å². The first-order chi connectivity index (χ1) is 9.65. The van der Waals surface area contributed by atoms with Crippen molar-refractivity contribution in [3.8, 4) is 0 Å². The fourth-order valence-electron chi connectivity index (χ4n) is 2.67. The van der Waals surface area contributed by atoms with Crippen LogP contribution in [0.5, 0.6) is 0 Å². The maximum absolute atomic E-state index is 10.8. The van der Waals surface area contributed by atoms with Crippen molar-refractivity contribution in [2.75, 3.05) is 11.4 Å². The minimum Gasteiger partial charge on any atom is -0.477 e. The van der Waals surface area contributed by atoms with Crippen LogP contribution in [-0.4, -0.2) is 22.6 Å². The second-order valence-corrected chi connectivity index (χ2v) is 5.09. The highest BCUT2D eigenvalue weighted by Crippen LogP contribution is 2.33. The number of rotatable bonds is 2. The van der Waals surface area contributed by atoms with E-state index in [9.17, 15) is 4.79 Å². The lowest BCUT2D eigenvalue weighted by Gasteiger charge is -2.31. The topological polar surface area (TPSA) is 53.4 Å². The van der Waals surface area contributed by atoms with E-state index in [1.54, 1.807) is 12.3 Å². The van der Waals surface area contributed by atoms with Gasteiger partial charge in [-0.15, -0.1) is 0 Å². The number of anilines is 2. The molecule has 0 radical (unpaired) electrons. The molecule has 1 aromatic carbocycles. The molecule has 2 aromatic rings. The van der Waals surface area contributed by atoms with Gasteiger partial charge in [0, 0.05) is 12.2 Å². The first-order valence-electron chi connectivity index (χ1n) is 6.71. The third kappa shape index (κ3) is 2.25. The quantitative estimate of drug-likeness (QED) is 0.909. The van der Waals surface area contributed by atoms with Gasteiger partial charge >= 0.3 is 5.97 Å². The zero-order chi connectivity index (χ0) is 14.1. The number of hydrogen-bond acceptors (Lipinski definition) is 3. The van der Waals surface area contributed by atoms with Gasteiger partial charge < -0.3 is 10.0 Å². The standard InChI is InChI=1S/C16H16N2O2/c1-11-4-7-15-12(9-11)3-2-8-18(15)13-5-6-14(16(19)20)17-10-13/h4-7,9-10H,2-3,8H2,1H3,(H,19,20). The van der Waals surface area contributed by atoms with Crippen molar-refractivity contribution >= 4 is 17.3 Å². The molecular weight excluding hydrogens is 252 g/mol. The number of hydrogen-bond donors (Lipinski definition) is 1. The fourth-order valence-corrected chi connectivity index (χ4v) is 2.67. The number of nitrogens with zero attached hydrogens (tertiary/aromatic N) is 2. The molecule has 102 valence electrons. The van der Waals surface area contributed by atoms with Crippen molar-refractivity contribution in [3.63, 3.8) is 0 Å². The summed E-state index contributed by atoms with van der Waals surface area (Å²) in [6.07, 6.45) is 3.82. The molecule has 4 heteroatoms. The average Bonchev–Trinajstić information content (AvgIpc) is 2.46. The summed E-state index contributed by atoms with van der Waals surface area (Å²) in [5, 5.41) is 8.90. The van der Waals surface area contributed by atoms with Crippen LogP contribution in [0.4, 0.5) is 11.4 Å². The normalized spacial score (nSPS) is 13.9. The maximum Gasteiger partial charge on any atom is 0.354 e. The Morgan fingerprint density at radius 2 is 2.15 bits per heavy atom. The number of benzene rings is 1. The summed E-state index contributed by atoms with van der Waals surface area (Å²) in [5.41, 5.74) is 4.84. The number of pyridine rings is 1. The molecule has 1 aliphatic heterocycles. The van der Waals surface area contributed by atoms with Crippen molar-refractivity contribution in [2.45, 2.75) is 19.8 Å². The molecule has 0 saturated heterocycles. The molecular formula is C16H16N2O2. The summed E-state index contributed by atoms with van der Waals surface area (Å²) in [6, 6.07) is 9.84. The van der Waals surface area contributed by atoms with E-state index < -0.39 is 5.97 Å². The largest absolute Gasteiger partial charge is 0.477 e. The van der Waals surface area contributed by atoms with Gasteiger partial charge in [-0.3, -0.25) is 0 Å². The molecule has 4 nitrogen and oxygen atoms in total. The Labute approximate surface area is 117 Å². The lowest BCUT2D eigenvalue weighted by atomic mass is 9.99. The minimum atomic E-state index is -0.994. The van der Waals surface area contributed by atoms with Gasteiger partial charge in [0.25, 0.3) is 0 Å². The molecule has 0 aliphatic carbocycles. The number of fused-ring (bicyclic) bond motifs is 1. The number of carbonyl (C=O) groups is 1. The van der Waals surface area contributed by atoms with Gasteiger partial charge in [0.05, 0.1) is 11.9 Å². The molecule has 1 aliphatic rings. The SMILES string of the molecule is Cc1ccc2c(c1)CCCN2c1ccc(C(=O)O)nc1. The Kier molecular flexibility index (Phi) is 3.14. The zero-order valence-corrected chi connectivity index (χ0v) is 11.3. The third-order valence-corrected chi connectivity index (χ3v) is 3.63. The van der Waals surface area contributed by atoms with Crippen LogP contribution < -0.4 is 4.90 Å². The number of aromatic carboxylic acids is 1. The number of carboxylic acids is 1. The van der Waals surface area contributed by atoms with Crippen LogP contribution in [0.3, 0.4) is 0 Å². The number of aryl methyl sites for hydroxylation is 2. The number of carboxylic acid groups (broad SMARTS) is 1. The van der Waals surface area contributed by atoms with E-state index in [2.05, 4.69) is 35.0 Å². The predicted molar refractivity (Wildman–Crippen MR) is 77.7 cm³/mol. The van der Waals surface area contributed by atoms with Gasteiger partial charge in [-0.2, -0.15) is 0 Å². The van der Waals surface area contributed by atoms with Crippen LogP contribution >= 0.6 is 0 Å². The molecule has 0 bridgehead atoms. The first-order valence-corrected chi connectivity index (χ1v) is 6.71. The van der Waals surface area contributed by atoms with Gasteiger partial charge in [-0.05, 0) is 43.5 Å². The first kappa shape index (κ1) is 12.7. The molecule has 0 unspecified atom stereocenters. The van der Waals surface area contributed by atoms with Crippen LogP contribution in [0.1, 0.15) is 28.0 Å². The van der Waals surface area contributed by atoms with Gasteiger partial charge in [0.1, 0.15) is 5.69 Å². The van der Waals surface area contributed by atoms with Crippen molar-refractivity contribution in [3.05, 3.63) is 53.3 Å². The monoisotopic (exact) mass is 268 g/mol. The average molecular weight is 268 g/mol. The molecule has 0 amide bonds. The molecule has 0 atom stereocenters. The molecule has 3 rings (SSSR count). The Morgan fingerprint density at radius 3 is 2.85 bits per heavy atom. The molecule has 2 heterocycles. The molecule has 0 saturated carbocycles. The molecule has 20 heavy (non-hydrogen) atoms. The Hall–Kier alpha value is -2.36. The van der Waals surface area contributed by atoms with Gasteiger partial charge in [-0.25, -0.2) is 9.78 Å². The lowest BCUT2D eigenvalue weighted by Crippen LogP contribution is -2.24. The predicted octanol–water partition coefficient (Wildman–Crippen LogP) is 3.17. The Morgan fingerprint density at radius 1 is 1.30 bits per heavy atom. The zero-order valence-electron chi connectivity index (χ0n) is 11.3. The second-order valence-electron chi connectivity index (χ2n) is 5.09. The van der Waals surface area contributed by atoms with E-state index >= 15 is 0 Å². The van der Waals surface area contributed by atoms with E-state index in [-0.39, 0.29) is 5.69 Å². The Bertz CT molecular complexity index is 650. The van der Waals surface area contributed by atoms with E-state index in [4.69, 9.17) is 5.11 Å². The van der Waals surface area contributed by atoms with Crippen molar-refractivity contribution < 1.29 is 9.90 Å². The van der Waals surface area contributed by atoms with Gasteiger partial charge in [0.2, 0.25) is 0 Å². The molecule has 0 fully saturated rings. The van der Waals surface area contributed by atoms with Crippen LogP contribution in [0.15, 0.2) is 36.5 Å². The number of aromatic nitrogens is 1. The summed E-state index contributed by atoms with van der Waals surface area (Å²) in [5.74, 6) is -0.994. The third-order valence-electron chi connectivity index (χ3n) is 3.63. The van der Waals surface area contributed by atoms with Gasteiger partial charge in [-0.1, -0.05) is 17.7 Å². The van der Waals surface area contributed by atoms with Crippen LogP contribution in [0, 0.1) is 6.92 Å². The summed E-state index contributed by atoms with van der Waals surface area (Å²) >= 11 is 0. The van der Waals surface area contributed by atoms with Crippen LogP contribution in [-0.2, 0) is 6.42 Å².